The van der Waals surface area contributed by atoms with E-state index in [1.165, 1.54) is 0 Å². The van der Waals surface area contributed by atoms with Crippen molar-refractivity contribution in [2.45, 2.75) is 18.0 Å². The van der Waals surface area contributed by atoms with Crippen LogP contribution in [0.1, 0.15) is 12.0 Å². The first-order valence-corrected chi connectivity index (χ1v) is 8.49. The minimum atomic E-state index is -3.44. The van der Waals surface area contributed by atoms with Crippen molar-refractivity contribution in [3.8, 4) is 0 Å². The molecule has 1 aromatic carbocycles. The van der Waals surface area contributed by atoms with E-state index >= 15 is 0 Å². The first kappa shape index (κ1) is 14.6. The molecule has 8 heteroatoms. The summed E-state index contributed by atoms with van der Waals surface area (Å²) < 4.78 is 26.1. The highest BCUT2D eigenvalue weighted by molar-refractivity contribution is 7.90. The summed E-state index contributed by atoms with van der Waals surface area (Å²) in [5.74, 6) is -0.218. The minimum absolute atomic E-state index is 0.198. The lowest BCUT2D eigenvalue weighted by molar-refractivity contribution is -0.116. The van der Waals surface area contributed by atoms with Gasteiger partial charge in [0.25, 0.3) is 5.16 Å². The number of benzene rings is 1. The largest absolute Gasteiger partial charge is 0.301 e. The highest BCUT2D eigenvalue weighted by atomic mass is 32.2. The molecule has 0 aliphatic carbocycles. The molecule has 1 N–H and O–H groups in total. The van der Waals surface area contributed by atoms with Gasteiger partial charge in [-0.1, -0.05) is 30.3 Å². The third-order valence-corrected chi connectivity index (χ3v) is 4.06. The van der Waals surface area contributed by atoms with Crippen molar-refractivity contribution in [1.29, 1.82) is 0 Å². The molecule has 6 nitrogen and oxygen atoms in total. The van der Waals surface area contributed by atoms with Gasteiger partial charge in [0, 0.05) is 24.2 Å². The first-order chi connectivity index (χ1) is 9.45. The smallest absolute Gasteiger partial charge is 0.260 e. The molecule has 106 valence electrons. The van der Waals surface area contributed by atoms with E-state index in [4.69, 9.17) is 0 Å². The summed E-state index contributed by atoms with van der Waals surface area (Å²) in [6, 6.07) is 9.63. The average molecular weight is 311 g/mol. The molecule has 2 rings (SSSR count). The number of nitrogens with one attached hydrogen (secondary N) is 1. The van der Waals surface area contributed by atoms with Crippen molar-refractivity contribution in [2.75, 3.05) is 11.6 Å². The highest BCUT2D eigenvalue weighted by Crippen LogP contribution is 2.15. The molecule has 0 spiro atoms. The Kier molecular flexibility index (Phi) is 4.46. The molecule has 0 atom stereocenters. The lowest BCUT2D eigenvalue weighted by atomic mass is 10.1. The maximum absolute atomic E-state index is 11.7. The number of carbonyl (C=O) groups excluding carboxylic acids is 1. The van der Waals surface area contributed by atoms with Crippen LogP contribution in [-0.2, 0) is 21.1 Å². The van der Waals surface area contributed by atoms with Crippen LogP contribution in [0.5, 0.6) is 0 Å². The average Bonchev–Trinajstić information content (AvgIpc) is 2.86. The van der Waals surface area contributed by atoms with E-state index in [-0.39, 0.29) is 16.2 Å². The number of hydrogen-bond donors (Lipinski definition) is 1. The maximum Gasteiger partial charge on any atom is 0.260 e. The quantitative estimate of drug-likeness (QED) is 0.904. The Balaban J connectivity index is 1.90. The molecule has 2 aromatic rings. The molecular weight excluding hydrogens is 298 g/mol. The topological polar surface area (TPSA) is 89.0 Å². The van der Waals surface area contributed by atoms with Crippen LogP contribution in [0.15, 0.2) is 35.5 Å². The van der Waals surface area contributed by atoms with Gasteiger partial charge >= 0.3 is 0 Å². The molecule has 0 radical (unpaired) electrons. The first-order valence-electron chi connectivity index (χ1n) is 5.83. The second-order valence-corrected chi connectivity index (χ2v) is 6.85. The van der Waals surface area contributed by atoms with E-state index in [0.29, 0.717) is 12.8 Å². The van der Waals surface area contributed by atoms with Gasteiger partial charge in [-0.25, -0.2) is 8.42 Å². The number of hydrogen-bond acceptors (Lipinski definition) is 6. The molecule has 0 aliphatic heterocycles. The zero-order chi connectivity index (χ0) is 14.6. The Bertz CT molecular complexity index is 696. The normalized spacial score (nSPS) is 11.2. The summed E-state index contributed by atoms with van der Waals surface area (Å²) in [5.41, 5.74) is 1.07. The van der Waals surface area contributed by atoms with E-state index in [1.807, 2.05) is 30.3 Å². The van der Waals surface area contributed by atoms with Crippen LogP contribution in [0, 0.1) is 0 Å². The number of nitrogens with zero attached hydrogens (tertiary/aromatic N) is 2. The van der Waals surface area contributed by atoms with E-state index in [2.05, 4.69) is 14.7 Å². The fourth-order valence-electron chi connectivity index (χ4n) is 1.50. The molecule has 0 unspecified atom stereocenters. The Morgan fingerprint density at radius 3 is 2.60 bits per heavy atom. The summed E-state index contributed by atoms with van der Waals surface area (Å²) in [4.78, 5) is 15.5. The van der Waals surface area contributed by atoms with E-state index in [1.54, 1.807) is 0 Å². The molecular formula is C12H13N3O3S2. The standard InChI is InChI=1S/C12H13N3O3S2/c1-20(17,18)12-14-11(19-15-12)13-10(16)8-7-9-5-3-2-4-6-9/h2-6H,7-8H2,1H3,(H,13,14,15,16). The molecule has 20 heavy (non-hydrogen) atoms. The molecule has 1 heterocycles. The van der Waals surface area contributed by atoms with Crippen molar-refractivity contribution < 1.29 is 13.2 Å². The molecule has 0 aliphatic rings. The summed E-state index contributed by atoms with van der Waals surface area (Å²) in [7, 11) is -3.44. The van der Waals surface area contributed by atoms with Gasteiger partial charge < -0.3 is 5.32 Å². The summed E-state index contributed by atoms with van der Waals surface area (Å²) in [5, 5.41) is 2.48. The summed E-state index contributed by atoms with van der Waals surface area (Å²) in [6.07, 6.45) is 1.94. The van der Waals surface area contributed by atoms with Crippen LogP contribution in [0.4, 0.5) is 5.13 Å². The fourth-order valence-corrected chi connectivity index (χ4v) is 2.96. The second kappa shape index (κ2) is 6.10. The maximum atomic E-state index is 11.7. The third kappa shape index (κ3) is 4.10. The van der Waals surface area contributed by atoms with Gasteiger partial charge in [0.2, 0.25) is 20.9 Å². The van der Waals surface area contributed by atoms with Gasteiger partial charge in [0.05, 0.1) is 0 Å². The molecule has 0 bridgehead atoms. The zero-order valence-electron chi connectivity index (χ0n) is 10.7. The monoisotopic (exact) mass is 311 g/mol. The Morgan fingerprint density at radius 1 is 1.30 bits per heavy atom. The number of aromatic nitrogens is 2. The second-order valence-electron chi connectivity index (χ2n) is 4.19. The van der Waals surface area contributed by atoms with Crippen LogP contribution in [0.25, 0.3) is 0 Å². The number of carbonyl (C=O) groups is 1. The van der Waals surface area contributed by atoms with Gasteiger partial charge in [-0.05, 0) is 12.0 Å². The number of amides is 1. The van der Waals surface area contributed by atoms with Crippen molar-refractivity contribution in [2.24, 2.45) is 0 Å². The lowest BCUT2D eigenvalue weighted by Crippen LogP contribution is -2.12. The SMILES string of the molecule is CS(=O)(=O)c1nsc(NC(=O)CCc2ccccc2)n1. The van der Waals surface area contributed by atoms with Gasteiger partial charge in [-0.3, -0.25) is 4.79 Å². The highest BCUT2D eigenvalue weighted by Gasteiger charge is 2.15. The van der Waals surface area contributed by atoms with Crippen molar-refractivity contribution in [3.05, 3.63) is 35.9 Å². The van der Waals surface area contributed by atoms with Crippen LogP contribution in [-0.4, -0.2) is 29.9 Å². The predicted molar refractivity (Wildman–Crippen MR) is 76.4 cm³/mol. The summed E-state index contributed by atoms with van der Waals surface area (Å²) >= 11 is 0.854. The molecule has 0 saturated carbocycles. The van der Waals surface area contributed by atoms with Crippen LogP contribution in [0.3, 0.4) is 0 Å². The Labute approximate surface area is 121 Å². The predicted octanol–water partition coefficient (Wildman–Crippen LogP) is 1.51. The Hall–Kier alpha value is -1.80. The molecule has 1 aromatic heterocycles. The number of rotatable bonds is 5. The van der Waals surface area contributed by atoms with E-state index < -0.39 is 9.84 Å². The lowest BCUT2D eigenvalue weighted by Gasteiger charge is -2.01. The summed E-state index contributed by atoms with van der Waals surface area (Å²) in [6.45, 7) is 0. The molecule has 1 amide bonds. The van der Waals surface area contributed by atoms with Crippen LogP contribution in [0.2, 0.25) is 0 Å². The number of aryl methyl sites for hydroxylation is 1. The Morgan fingerprint density at radius 2 is 2.00 bits per heavy atom. The van der Waals surface area contributed by atoms with E-state index in [9.17, 15) is 13.2 Å². The van der Waals surface area contributed by atoms with Gasteiger partial charge in [-0.15, -0.1) is 0 Å². The van der Waals surface area contributed by atoms with Gasteiger partial charge in [-0.2, -0.15) is 9.36 Å². The number of sulfone groups is 1. The van der Waals surface area contributed by atoms with Gasteiger partial charge in [0.15, 0.2) is 0 Å². The minimum Gasteiger partial charge on any atom is -0.301 e. The zero-order valence-corrected chi connectivity index (χ0v) is 12.4. The van der Waals surface area contributed by atoms with E-state index in [0.717, 1.165) is 23.4 Å². The van der Waals surface area contributed by atoms with Crippen molar-refractivity contribution >= 4 is 32.4 Å². The van der Waals surface area contributed by atoms with Crippen molar-refractivity contribution in [3.63, 3.8) is 0 Å². The molecule has 0 fully saturated rings. The molecule has 0 saturated heterocycles. The van der Waals surface area contributed by atoms with Crippen molar-refractivity contribution in [1.82, 2.24) is 9.36 Å². The fraction of sp³-hybridized carbons (Fsp3) is 0.250. The van der Waals surface area contributed by atoms with Gasteiger partial charge in [0.1, 0.15) is 0 Å². The number of anilines is 1. The van der Waals surface area contributed by atoms with Crippen LogP contribution >= 0.6 is 11.5 Å². The van der Waals surface area contributed by atoms with Crippen LogP contribution < -0.4 is 5.32 Å². The third-order valence-electron chi connectivity index (χ3n) is 2.47.